The Morgan fingerprint density at radius 2 is 1.63 bits per heavy atom. The molecule has 1 aromatic heterocycles. The number of para-hydroxylation sites is 2. The van der Waals surface area contributed by atoms with Gasteiger partial charge in [0.05, 0.1) is 27.9 Å². The Kier molecular flexibility index (Phi) is 6.83. The van der Waals surface area contributed by atoms with E-state index >= 15 is 0 Å². The van der Waals surface area contributed by atoms with Crippen molar-refractivity contribution in [3.05, 3.63) is 95.5 Å². The van der Waals surface area contributed by atoms with Crippen LogP contribution in [0.25, 0.3) is 11.3 Å². The van der Waals surface area contributed by atoms with Crippen LogP contribution in [0.5, 0.6) is 0 Å². The lowest BCUT2D eigenvalue weighted by Gasteiger charge is -2.33. The number of carbonyl (C=O) groups excluding carboxylic acids is 1. The van der Waals surface area contributed by atoms with Gasteiger partial charge in [-0.25, -0.2) is 4.98 Å². The molecular formula is C28H20ClN3OS2. The Balaban J connectivity index is 1.51. The molecule has 3 aromatic carbocycles. The maximum absolute atomic E-state index is 14.0. The predicted octanol–water partition coefficient (Wildman–Crippen LogP) is 7.97. The van der Waals surface area contributed by atoms with Crippen LogP contribution in [0.3, 0.4) is 0 Å². The predicted molar refractivity (Wildman–Crippen MR) is 143 cm³/mol. The zero-order valence-corrected chi connectivity index (χ0v) is 21.2. The molecule has 0 radical (unpaired) electrons. The molecule has 0 saturated carbocycles. The van der Waals surface area contributed by atoms with Crippen molar-refractivity contribution >= 4 is 52.4 Å². The second kappa shape index (κ2) is 10.2. The van der Waals surface area contributed by atoms with Gasteiger partial charge in [0.25, 0.3) is 0 Å². The van der Waals surface area contributed by atoms with E-state index in [0.717, 1.165) is 32.4 Å². The van der Waals surface area contributed by atoms with Crippen LogP contribution in [0.4, 0.5) is 11.4 Å². The first-order valence-electron chi connectivity index (χ1n) is 11.1. The van der Waals surface area contributed by atoms with Crippen LogP contribution in [-0.4, -0.2) is 16.1 Å². The van der Waals surface area contributed by atoms with E-state index in [2.05, 4.69) is 6.07 Å². The summed E-state index contributed by atoms with van der Waals surface area (Å²) in [4.78, 5) is 22.7. The number of hydrogen-bond acceptors (Lipinski definition) is 5. The van der Waals surface area contributed by atoms with Crippen LogP contribution in [-0.2, 0) is 4.79 Å². The lowest BCUT2D eigenvalue weighted by Crippen LogP contribution is -2.35. The number of nitriles is 1. The quantitative estimate of drug-likeness (QED) is 0.253. The van der Waals surface area contributed by atoms with Gasteiger partial charge in [-0.15, -0.1) is 0 Å². The van der Waals surface area contributed by atoms with Gasteiger partial charge in [-0.2, -0.15) is 5.26 Å². The van der Waals surface area contributed by atoms with Crippen LogP contribution in [0.2, 0.25) is 5.02 Å². The lowest BCUT2D eigenvalue weighted by atomic mass is 10.1. The fourth-order valence-corrected chi connectivity index (χ4v) is 6.14. The highest BCUT2D eigenvalue weighted by Crippen LogP contribution is 2.49. The van der Waals surface area contributed by atoms with E-state index < -0.39 is 5.25 Å². The zero-order valence-electron chi connectivity index (χ0n) is 18.8. The van der Waals surface area contributed by atoms with Crippen molar-refractivity contribution in [2.75, 3.05) is 4.90 Å². The lowest BCUT2D eigenvalue weighted by molar-refractivity contribution is -0.117. The van der Waals surface area contributed by atoms with Crippen molar-refractivity contribution in [3.63, 3.8) is 0 Å². The first-order valence-corrected chi connectivity index (χ1v) is 13.2. The molecule has 0 N–H and O–H groups in total. The summed E-state index contributed by atoms with van der Waals surface area (Å²) in [6.45, 7) is 1.99. The number of rotatable bonds is 5. The number of carbonyl (C=O) groups is 1. The topological polar surface area (TPSA) is 57.0 Å². The molecule has 172 valence electrons. The average molecular weight is 514 g/mol. The summed E-state index contributed by atoms with van der Waals surface area (Å²) < 4.78 is 0. The minimum atomic E-state index is -0.417. The number of aromatic nitrogens is 1. The SMILES string of the molecule is CCC(Sc1nc(-c2ccc(Cl)cc2)ccc1C#N)C(=O)N1c2ccccc2Sc2ccccc21. The molecule has 1 atom stereocenters. The minimum absolute atomic E-state index is 0.0275. The van der Waals surface area contributed by atoms with Gasteiger partial charge in [0, 0.05) is 20.4 Å². The highest BCUT2D eigenvalue weighted by Gasteiger charge is 2.33. The molecule has 0 fully saturated rings. The maximum Gasteiger partial charge on any atom is 0.245 e. The number of anilines is 2. The number of nitrogens with zero attached hydrogens (tertiary/aromatic N) is 3. The first-order chi connectivity index (χ1) is 17.1. The third-order valence-corrected chi connectivity index (χ3v) is 8.41. The number of amides is 1. The summed E-state index contributed by atoms with van der Waals surface area (Å²) in [7, 11) is 0. The molecule has 0 saturated heterocycles. The standard InChI is InChI=1S/C28H20ClN3OS2/c1-2-24(35-27-19(17-30)13-16-21(31-27)18-11-14-20(29)15-12-18)28(33)32-22-7-3-5-9-25(22)34-26-10-6-4-8-23(26)32/h3-16,24H,2H2,1H3. The van der Waals surface area contributed by atoms with Crippen molar-refractivity contribution < 1.29 is 4.79 Å². The van der Waals surface area contributed by atoms with Crippen molar-refractivity contribution in [2.24, 2.45) is 0 Å². The Bertz CT molecular complexity index is 1400. The number of thioether (sulfide) groups is 1. The molecule has 2 heterocycles. The van der Waals surface area contributed by atoms with Crippen molar-refractivity contribution in [3.8, 4) is 17.3 Å². The molecule has 35 heavy (non-hydrogen) atoms. The molecule has 1 unspecified atom stereocenters. The van der Waals surface area contributed by atoms with Gasteiger partial charge in [-0.05, 0) is 55.0 Å². The van der Waals surface area contributed by atoms with Crippen molar-refractivity contribution in [2.45, 2.75) is 33.4 Å². The zero-order chi connectivity index (χ0) is 24.4. The van der Waals surface area contributed by atoms with E-state index in [1.807, 2.05) is 90.7 Å². The molecule has 1 aliphatic rings. The number of benzene rings is 3. The normalized spacial score (nSPS) is 12.9. The molecule has 7 heteroatoms. The Hall–Kier alpha value is -3.24. The summed E-state index contributed by atoms with van der Waals surface area (Å²) in [5, 5.41) is 10.5. The molecule has 5 rings (SSSR count). The Morgan fingerprint density at radius 3 is 2.23 bits per heavy atom. The van der Waals surface area contributed by atoms with Crippen LogP contribution in [0, 0.1) is 11.3 Å². The number of halogens is 1. The van der Waals surface area contributed by atoms with Crippen LogP contribution in [0.1, 0.15) is 18.9 Å². The summed E-state index contributed by atoms with van der Waals surface area (Å²) in [6.07, 6.45) is 0.592. The van der Waals surface area contributed by atoms with Gasteiger partial charge in [-0.3, -0.25) is 9.69 Å². The summed E-state index contributed by atoms with van der Waals surface area (Å²) in [6, 6.07) is 29.1. The van der Waals surface area contributed by atoms with Crippen molar-refractivity contribution in [1.82, 2.24) is 4.98 Å². The minimum Gasteiger partial charge on any atom is -0.278 e. The second-order valence-corrected chi connectivity index (χ2v) is 10.6. The molecule has 0 aliphatic carbocycles. The second-order valence-electron chi connectivity index (χ2n) is 7.89. The summed E-state index contributed by atoms with van der Waals surface area (Å²) >= 11 is 9.05. The van der Waals surface area contributed by atoms with E-state index in [4.69, 9.17) is 16.6 Å². The Morgan fingerprint density at radius 1 is 1.00 bits per heavy atom. The molecule has 4 aromatic rings. The van der Waals surface area contributed by atoms with Crippen LogP contribution < -0.4 is 4.90 Å². The summed E-state index contributed by atoms with van der Waals surface area (Å²) in [5.41, 5.74) is 3.84. The molecular weight excluding hydrogens is 494 g/mol. The molecule has 0 spiro atoms. The third kappa shape index (κ3) is 4.68. The largest absolute Gasteiger partial charge is 0.278 e. The third-order valence-electron chi connectivity index (χ3n) is 5.67. The van der Waals surface area contributed by atoms with Gasteiger partial charge in [0.15, 0.2) is 0 Å². The van der Waals surface area contributed by atoms with E-state index in [9.17, 15) is 10.1 Å². The van der Waals surface area contributed by atoms with Gasteiger partial charge in [-0.1, -0.05) is 78.4 Å². The molecule has 1 aliphatic heterocycles. The Labute approximate surface area is 218 Å². The van der Waals surface area contributed by atoms with E-state index in [1.54, 1.807) is 17.8 Å². The highest BCUT2D eigenvalue weighted by molar-refractivity contribution is 8.00. The number of pyridine rings is 1. The molecule has 0 bridgehead atoms. The van der Waals surface area contributed by atoms with E-state index in [-0.39, 0.29) is 5.91 Å². The van der Waals surface area contributed by atoms with E-state index in [0.29, 0.717) is 22.0 Å². The van der Waals surface area contributed by atoms with Crippen molar-refractivity contribution in [1.29, 1.82) is 5.26 Å². The van der Waals surface area contributed by atoms with Gasteiger partial charge in [0.2, 0.25) is 5.91 Å². The fraction of sp³-hybridized carbons (Fsp3) is 0.107. The first kappa shape index (κ1) is 23.5. The monoisotopic (exact) mass is 513 g/mol. The van der Waals surface area contributed by atoms with Crippen LogP contribution in [0.15, 0.2) is 99.7 Å². The number of fused-ring (bicyclic) bond motifs is 2. The van der Waals surface area contributed by atoms with Crippen LogP contribution >= 0.6 is 35.1 Å². The van der Waals surface area contributed by atoms with Gasteiger partial charge < -0.3 is 0 Å². The smallest absolute Gasteiger partial charge is 0.245 e. The van der Waals surface area contributed by atoms with Gasteiger partial charge >= 0.3 is 0 Å². The molecule has 4 nitrogen and oxygen atoms in total. The highest BCUT2D eigenvalue weighted by atomic mass is 35.5. The number of hydrogen-bond donors (Lipinski definition) is 0. The summed E-state index contributed by atoms with van der Waals surface area (Å²) in [5.74, 6) is -0.0275. The van der Waals surface area contributed by atoms with Gasteiger partial charge in [0.1, 0.15) is 11.1 Å². The fourth-order valence-electron chi connectivity index (χ4n) is 3.93. The van der Waals surface area contributed by atoms with E-state index in [1.165, 1.54) is 11.8 Å². The maximum atomic E-state index is 14.0. The average Bonchev–Trinajstić information content (AvgIpc) is 2.90. The molecule has 1 amide bonds.